The van der Waals surface area contributed by atoms with Gasteiger partial charge in [0.15, 0.2) is 5.71 Å². The Morgan fingerprint density at radius 1 is 0.868 bits per heavy atom. The van der Waals surface area contributed by atoms with Crippen LogP contribution in [0.5, 0.6) is 0 Å². The highest BCUT2D eigenvalue weighted by atomic mass is 32.2. The molecule has 13 nitrogen and oxygen atoms in total. The summed E-state index contributed by atoms with van der Waals surface area (Å²) in [5, 5.41) is 9.16. The van der Waals surface area contributed by atoms with E-state index in [9.17, 15) is 43.7 Å². The molecule has 0 saturated carbocycles. The predicted octanol–water partition coefficient (Wildman–Crippen LogP) is 5.40. The average Bonchev–Trinajstić information content (AvgIpc) is 3.45. The molecule has 0 aromatic heterocycles. The van der Waals surface area contributed by atoms with Crippen molar-refractivity contribution in [2.45, 2.75) is 112 Å². The van der Waals surface area contributed by atoms with Gasteiger partial charge < -0.3 is 14.6 Å². The molecule has 0 aliphatic carbocycles. The summed E-state index contributed by atoms with van der Waals surface area (Å²) in [5.41, 5.74) is 3.87. The second-order valence-electron chi connectivity index (χ2n) is 15.0. The highest BCUT2D eigenvalue weighted by Gasteiger charge is 2.52. The summed E-state index contributed by atoms with van der Waals surface area (Å²) in [5.74, 6) is -1.34. The molecule has 0 fully saturated rings. The molecule has 288 valence electrons. The fourth-order valence-electron chi connectivity index (χ4n) is 9.13. The van der Waals surface area contributed by atoms with E-state index in [1.807, 2.05) is 37.0 Å². The summed E-state index contributed by atoms with van der Waals surface area (Å²) >= 11 is 0. The van der Waals surface area contributed by atoms with E-state index >= 15 is 0 Å². The molecule has 3 N–H and O–H groups in total. The maximum absolute atomic E-state index is 12.8. The van der Waals surface area contributed by atoms with Crippen LogP contribution < -0.4 is 4.90 Å². The lowest BCUT2D eigenvalue weighted by atomic mass is 9.74. The normalized spacial score (nSPS) is 23.3. The molecule has 2 aromatic rings. The summed E-state index contributed by atoms with van der Waals surface area (Å²) in [4.78, 5) is 12.7. The van der Waals surface area contributed by atoms with Crippen LogP contribution in [0.2, 0.25) is 0 Å². The van der Waals surface area contributed by atoms with Gasteiger partial charge in [-0.1, -0.05) is 37.5 Å². The number of benzene rings is 2. The average molecular weight is 791 g/mol. The van der Waals surface area contributed by atoms with E-state index in [0.717, 1.165) is 47.5 Å². The lowest BCUT2D eigenvalue weighted by Gasteiger charge is -2.32. The fourth-order valence-corrected chi connectivity index (χ4v) is 11.3. The molecule has 4 heterocycles. The van der Waals surface area contributed by atoms with Gasteiger partial charge in [-0.3, -0.25) is 13.9 Å². The molecule has 2 unspecified atom stereocenters. The van der Waals surface area contributed by atoms with Crippen LogP contribution in [0.15, 0.2) is 58.0 Å². The van der Waals surface area contributed by atoms with Gasteiger partial charge in [0.1, 0.15) is 21.6 Å². The number of unbranched alkanes of at least 4 members (excludes halogenated alkanes) is 3. The first-order chi connectivity index (χ1) is 24.8. The van der Waals surface area contributed by atoms with Crippen molar-refractivity contribution in [2.75, 3.05) is 23.7 Å². The maximum Gasteiger partial charge on any atom is 0.303 e. The summed E-state index contributed by atoms with van der Waals surface area (Å²) < 4.78 is 109. The van der Waals surface area contributed by atoms with Gasteiger partial charge in [0, 0.05) is 53.4 Å². The summed E-state index contributed by atoms with van der Waals surface area (Å²) in [6.07, 6.45) is 11.6. The van der Waals surface area contributed by atoms with Crippen LogP contribution in [0.25, 0.3) is 0 Å². The van der Waals surface area contributed by atoms with Crippen LogP contribution in [0.1, 0.15) is 100 Å². The Morgan fingerprint density at radius 2 is 1.53 bits per heavy atom. The van der Waals surface area contributed by atoms with Crippen LogP contribution in [0, 0.1) is 0 Å². The van der Waals surface area contributed by atoms with Gasteiger partial charge in [-0.15, -0.1) is 0 Å². The van der Waals surface area contributed by atoms with Gasteiger partial charge in [0.25, 0.3) is 20.2 Å². The largest absolute Gasteiger partial charge is 0.744 e. The number of hydrogen-bond acceptors (Lipinski definition) is 9. The molecule has 0 radical (unpaired) electrons. The minimum atomic E-state index is -4.89. The fraction of sp³-hybridized carbons (Fsp3) is 0.514. The minimum Gasteiger partial charge on any atom is -0.744 e. The standard InChI is InChI=1S/C37H46N2O11S3/c1-36(20-5-3-4-15-31(40)41)29(38-22-9-11-25-16-18-27(52(45,46)47)32(36)34(25)38)13-8-14-30-37(2,21-6-7-24-51(42,43)44)33-28(53(48,49)50)19-17-26-12-10-23-39(30)35(26)33/h8,13-14,16-19H,3-7,9-12,15,20-24H2,1-2H3,(H3-,40,41,42,43,44,45,46,47,48,49,50). The van der Waals surface area contributed by atoms with Gasteiger partial charge in [-0.25, -0.2) is 8.42 Å². The van der Waals surface area contributed by atoms with Gasteiger partial charge >= 0.3 is 5.97 Å². The number of carbonyl (C=O) groups is 1. The molecule has 2 atom stereocenters. The van der Waals surface area contributed by atoms with E-state index in [1.165, 1.54) is 12.1 Å². The van der Waals surface area contributed by atoms with Crippen LogP contribution in [0.3, 0.4) is 0 Å². The third-order valence-corrected chi connectivity index (χ3v) is 14.0. The Hall–Kier alpha value is -3.41. The summed E-state index contributed by atoms with van der Waals surface area (Å²) in [6, 6.07) is 6.25. The number of anilines is 1. The quantitative estimate of drug-likeness (QED) is 0.118. The third-order valence-electron chi connectivity index (χ3n) is 11.4. The Labute approximate surface area is 311 Å². The Balaban J connectivity index is 1.47. The first-order valence-corrected chi connectivity index (χ1v) is 22.5. The van der Waals surface area contributed by atoms with Crippen molar-refractivity contribution in [3.05, 3.63) is 70.4 Å². The summed E-state index contributed by atoms with van der Waals surface area (Å²) in [6.45, 7) is 4.98. The SMILES string of the molecule is CC1(CCCCS(=O)(=O)O)C(=CC=CC2=[N+]3CCCc4ccc(S(=O)(=O)O)c(c43)C2(C)CCCCCC(=O)O)N2CCCc3ccc(S(=O)(=O)[O-])c1c32. The lowest BCUT2D eigenvalue weighted by Crippen LogP contribution is -2.33. The molecular weight excluding hydrogens is 745 g/mol. The molecule has 0 spiro atoms. The maximum atomic E-state index is 12.8. The third kappa shape index (κ3) is 7.50. The van der Waals surface area contributed by atoms with E-state index in [1.54, 1.807) is 12.1 Å². The number of aryl methyl sites for hydroxylation is 2. The monoisotopic (exact) mass is 790 g/mol. The number of hydrogen-bond donors (Lipinski definition) is 3. The van der Waals surface area contributed by atoms with Crippen molar-refractivity contribution in [1.82, 2.24) is 0 Å². The summed E-state index contributed by atoms with van der Waals surface area (Å²) in [7, 11) is -13.7. The number of nitrogens with zero attached hydrogens (tertiary/aromatic N) is 2. The highest BCUT2D eigenvalue weighted by molar-refractivity contribution is 7.86. The molecule has 0 amide bonds. The molecule has 6 rings (SSSR count). The Morgan fingerprint density at radius 3 is 2.21 bits per heavy atom. The molecule has 4 aliphatic heterocycles. The van der Waals surface area contributed by atoms with Gasteiger partial charge in [-0.2, -0.15) is 21.4 Å². The number of allylic oxidation sites excluding steroid dienone is 4. The van der Waals surface area contributed by atoms with Gasteiger partial charge in [-0.05, 0) is 82.6 Å². The zero-order chi connectivity index (χ0) is 38.6. The molecule has 16 heteroatoms. The van der Waals surface area contributed by atoms with Crippen LogP contribution in [-0.4, -0.2) is 79.1 Å². The van der Waals surface area contributed by atoms with Gasteiger partial charge in [0.2, 0.25) is 5.69 Å². The van der Waals surface area contributed by atoms with Crippen molar-refractivity contribution in [3.63, 3.8) is 0 Å². The predicted molar refractivity (Wildman–Crippen MR) is 197 cm³/mol. The molecule has 0 saturated heterocycles. The van der Waals surface area contributed by atoms with Crippen molar-refractivity contribution in [1.29, 1.82) is 0 Å². The lowest BCUT2D eigenvalue weighted by molar-refractivity contribution is -0.443. The van der Waals surface area contributed by atoms with E-state index in [-0.39, 0.29) is 22.6 Å². The molecule has 4 aliphatic rings. The van der Waals surface area contributed by atoms with Crippen LogP contribution >= 0.6 is 0 Å². The topological polar surface area (TPSA) is 209 Å². The second kappa shape index (κ2) is 14.3. The van der Waals surface area contributed by atoms with Crippen molar-refractivity contribution >= 4 is 53.4 Å². The first-order valence-electron chi connectivity index (χ1n) is 18.0. The first kappa shape index (κ1) is 39.3. The van der Waals surface area contributed by atoms with E-state index in [4.69, 9.17) is 5.11 Å². The van der Waals surface area contributed by atoms with Gasteiger partial charge in [0.05, 0.1) is 21.6 Å². The zero-order valence-electron chi connectivity index (χ0n) is 29.9. The van der Waals surface area contributed by atoms with E-state index in [0.29, 0.717) is 74.8 Å². The highest BCUT2D eigenvalue weighted by Crippen LogP contribution is 2.56. The van der Waals surface area contributed by atoms with Crippen LogP contribution in [-0.2, 0) is 58.8 Å². The van der Waals surface area contributed by atoms with E-state index in [2.05, 4.69) is 4.58 Å². The minimum absolute atomic E-state index is 0.0223. The van der Waals surface area contributed by atoms with Crippen molar-refractivity contribution in [3.8, 4) is 0 Å². The van der Waals surface area contributed by atoms with E-state index < -0.39 is 52.9 Å². The number of aliphatic carboxylic acids is 1. The molecule has 2 aromatic carbocycles. The Bertz CT molecular complexity index is 2280. The second-order valence-corrected chi connectivity index (χ2v) is 19.3. The number of carboxylic acid groups (broad SMARTS) is 1. The van der Waals surface area contributed by atoms with Crippen LogP contribution in [0.4, 0.5) is 11.4 Å². The van der Waals surface area contributed by atoms with Crippen molar-refractivity contribution in [2.24, 2.45) is 0 Å². The number of carboxylic acids is 1. The molecule has 53 heavy (non-hydrogen) atoms. The number of rotatable bonds is 15. The Kier molecular flexibility index (Phi) is 10.6. The zero-order valence-corrected chi connectivity index (χ0v) is 32.3. The molecular formula is C37H46N2O11S3. The smallest absolute Gasteiger partial charge is 0.303 e. The van der Waals surface area contributed by atoms with Crippen molar-refractivity contribution < 1.29 is 53.4 Å². The molecule has 0 bridgehead atoms.